The highest BCUT2D eigenvalue weighted by Gasteiger charge is 2.43. The standard InChI is InChI=1S/C13H15F3N2O3/c1-6(19)18-11-8(4-9(20)12(11)21)7-2-3-10(17-5-7)13(14,15)16/h2-3,5,8-9,11-12,20-21H,4H2,1H3,(H,18,19). The molecule has 3 N–H and O–H groups in total. The first-order valence-electron chi connectivity index (χ1n) is 6.36. The van der Waals surface area contributed by atoms with Crippen LogP contribution in [0.3, 0.4) is 0 Å². The number of aromatic nitrogens is 1. The third-order valence-corrected chi connectivity index (χ3v) is 3.57. The quantitative estimate of drug-likeness (QED) is 0.755. The van der Waals surface area contributed by atoms with Crippen molar-refractivity contribution in [3.63, 3.8) is 0 Å². The summed E-state index contributed by atoms with van der Waals surface area (Å²) in [5.74, 6) is -0.883. The van der Waals surface area contributed by atoms with Crippen LogP contribution < -0.4 is 5.32 Å². The lowest BCUT2D eigenvalue weighted by Crippen LogP contribution is -2.44. The highest BCUT2D eigenvalue weighted by Crippen LogP contribution is 2.36. The van der Waals surface area contributed by atoms with Crippen LogP contribution in [0.1, 0.15) is 30.5 Å². The topological polar surface area (TPSA) is 82.5 Å². The SMILES string of the molecule is CC(=O)NC1C(c2ccc(C(F)(F)F)nc2)CC(O)C1O. The Balaban J connectivity index is 2.25. The largest absolute Gasteiger partial charge is 0.433 e. The zero-order valence-electron chi connectivity index (χ0n) is 11.1. The van der Waals surface area contributed by atoms with Crippen LogP contribution >= 0.6 is 0 Å². The summed E-state index contributed by atoms with van der Waals surface area (Å²) in [4.78, 5) is 14.5. The van der Waals surface area contributed by atoms with Crippen LogP contribution in [0.15, 0.2) is 18.3 Å². The number of hydrogen-bond donors (Lipinski definition) is 3. The summed E-state index contributed by atoms with van der Waals surface area (Å²) in [6.45, 7) is 1.26. The number of carbonyl (C=O) groups excluding carboxylic acids is 1. The summed E-state index contributed by atoms with van der Waals surface area (Å²) in [7, 11) is 0. The van der Waals surface area contributed by atoms with Gasteiger partial charge in [-0.3, -0.25) is 9.78 Å². The Morgan fingerprint density at radius 3 is 2.52 bits per heavy atom. The molecule has 1 saturated carbocycles. The predicted octanol–water partition coefficient (Wildman–Crippen LogP) is 0.814. The van der Waals surface area contributed by atoms with Gasteiger partial charge in [0.05, 0.1) is 12.1 Å². The molecular formula is C13H15F3N2O3. The molecule has 4 atom stereocenters. The van der Waals surface area contributed by atoms with E-state index in [9.17, 15) is 28.2 Å². The van der Waals surface area contributed by atoms with Gasteiger partial charge in [-0.25, -0.2) is 0 Å². The molecule has 1 fully saturated rings. The fourth-order valence-corrected chi connectivity index (χ4v) is 2.58. The van der Waals surface area contributed by atoms with E-state index in [4.69, 9.17) is 0 Å². The van der Waals surface area contributed by atoms with Gasteiger partial charge < -0.3 is 15.5 Å². The molecule has 0 aromatic carbocycles. The average Bonchev–Trinajstić information content (AvgIpc) is 2.66. The zero-order valence-corrected chi connectivity index (χ0v) is 11.1. The number of halogens is 3. The lowest BCUT2D eigenvalue weighted by molar-refractivity contribution is -0.141. The van der Waals surface area contributed by atoms with Crippen molar-refractivity contribution in [3.05, 3.63) is 29.6 Å². The van der Waals surface area contributed by atoms with E-state index in [-0.39, 0.29) is 6.42 Å². The van der Waals surface area contributed by atoms with Gasteiger partial charge in [0.1, 0.15) is 11.8 Å². The Bertz CT molecular complexity index is 518. The monoisotopic (exact) mass is 304 g/mol. The number of aliphatic hydroxyl groups is 2. The first-order valence-corrected chi connectivity index (χ1v) is 6.36. The zero-order chi connectivity index (χ0) is 15.8. The Hall–Kier alpha value is -1.67. The summed E-state index contributed by atoms with van der Waals surface area (Å²) in [5.41, 5.74) is -0.584. The minimum Gasteiger partial charge on any atom is -0.390 e. The number of carbonyl (C=O) groups is 1. The summed E-state index contributed by atoms with van der Waals surface area (Å²) in [6.07, 6.45) is -5.54. The Morgan fingerprint density at radius 2 is 2.05 bits per heavy atom. The summed E-state index contributed by atoms with van der Waals surface area (Å²) < 4.78 is 37.4. The van der Waals surface area contributed by atoms with Gasteiger partial charge in [-0.1, -0.05) is 6.07 Å². The van der Waals surface area contributed by atoms with Gasteiger partial charge in [-0.05, 0) is 18.1 Å². The van der Waals surface area contributed by atoms with Gasteiger partial charge >= 0.3 is 6.18 Å². The molecular weight excluding hydrogens is 289 g/mol. The summed E-state index contributed by atoms with van der Waals surface area (Å²) in [6, 6.07) is 1.34. The van der Waals surface area contributed by atoms with Crippen molar-refractivity contribution in [1.82, 2.24) is 10.3 Å². The molecule has 1 aromatic rings. The van der Waals surface area contributed by atoms with Crippen molar-refractivity contribution >= 4 is 5.91 Å². The van der Waals surface area contributed by atoms with Crippen LogP contribution in [-0.4, -0.2) is 39.4 Å². The average molecular weight is 304 g/mol. The number of nitrogens with zero attached hydrogens (tertiary/aromatic N) is 1. The molecule has 1 aromatic heterocycles. The number of nitrogens with one attached hydrogen (secondary N) is 1. The van der Waals surface area contributed by atoms with Gasteiger partial charge in [0.25, 0.3) is 0 Å². The molecule has 1 heterocycles. The molecule has 0 saturated heterocycles. The molecule has 0 aliphatic heterocycles. The number of rotatable bonds is 2. The van der Waals surface area contributed by atoms with Crippen molar-refractivity contribution in [2.45, 2.75) is 43.7 Å². The Labute approximate surface area is 118 Å². The second kappa shape index (κ2) is 5.61. The highest BCUT2D eigenvalue weighted by atomic mass is 19.4. The van der Waals surface area contributed by atoms with Crippen LogP contribution in [0, 0.1) is 0 Å². The third-order valence-electron chi connectivity index (χ3n) is 3.57. The predicted molar refractivity (Wildman–Crippen MR) is 66.2 cm³/mol. The molecule has 1 aliphatic carbocycles. The van der Waals surface area contributed by atoms with E-state index in [0.717, 1.165) is 12.3 Å². The van der Waals surface area contributed by atoms with E-state index in [1.807, 2.05) is 0 Å². The number of aliphatic hydroxyl groups excluding tert-OH is 2. The maximum absolute atomic E-state index is 12.5. The molecule has 0 radical (unpaired) electrons. The Morgan fingerprint density at radius 1 is 1.38 bits per heavy atom. The first-order chi connectivity index (χ1) is 9.70. The van der Waals surface area contributed by atoms with Crippen LogP contribution in [0.4, 0.5) is 13.2 Å². The summed E-state index contributed by atoms with van der Waals surface area (Å²) in [5, 5.41) is 22.1. The third kappa shape index (κ3) is 3.33. The minimum absolute atomic E-state index is 0.138. The fraction of sp³-hybridized carbons (Fsp3) is 0.538. The molecule has 21 heavy (non-hydrogen) atoms. The molecule has 2 rings (SSSR count). The van der Waals surface area contributed by atoms with E-state index < -0.39 is 41.9 Å². The van der Waals surface area contributed by atoms with Crippen LogP contribution in [0.5, 0.6) is 0 Å². The summed E-state index contributed by atoms with van der Waals surface area (Å²) >= 11 is 0. The number of amides is 1. The van der Waals surface area contributed by atoms with E-state index in [0.29, 0.717) is 5.56 Å². The van der Waals surface area contributed by atoms with Crippen LogP contribution in [0.25, 0.3) is 0 Å². The lowest BCUT2D eigenvalue weighted by Gasteiger charge is -2.23. The first kappa shape index (κ1) is 15.7. The molecule has 0 spiro atoms. The van der Waals surface area contributed by atoms with Gasteiger partial charge in [0.2, 0.25) is 5.91 Å². The van der Waals surface area contributed by atoms with Crippen LogP contribution in [-0.2, 0) is 11.0 Å². The molecule has 1 amide bonds. The molecule has 116 valence electrons. The van der Waals surface area contributed by atoms with Crippen molar-refractivity contribution in [2.75, 3.05) is 0 Å². The number of hydrogen-bond acceptors (Lipinski definition) is 4. The van der Waals surface area contributed by atoms with Crippen molar-refractivity contribution in [2.24, 2.45) is 0 Å². The second-order valence-electron chi connectivity index (χ2n) is 5.10. The van der Waals surface area contributed by atoms with Crippen LogP contribution in [0.2, 0.25) is 0 Å². The van der Waals surface area contributed by atoms with Crippen molar-refractivity contribution < 1.29 is 28.2 Å². The molecule has 1 aliphatic rings. The minimum atomic E-state index is -4.52. The van der Waals surface area contributed by atoms with Gasteiger partial charge in [-0.15, -0.1) is 0 Å². The lowest BCUT2D eigenvalue weighted by atomic mass is 9.94. The van der Waals surface area contributed by atoms with E-state index >= 15 is 0 Å². The number of pyridine rings is 1. The smallest absolute Gasteiger partial charge is 0.390 e. The van der Waals surface area contributed by atoms with Crippen molar-refractivity contribution in [1.29, 1.82) is 0 Å². The van der Waals surface area contributed by atoms with Gasteiger partial charge in [0.15, 0.2) is 0 Å². The molecule has 8 heteroatoms. The molecule has 5 nitrogen and oxygen atoms in total. The van der Waals surface area contributed by atoms with Crippen molar-refractivity contribution in [3.8, 4) is 0 Å². The molecule has 0 bridgehead atoms. The fourth-order valence-electron chi connectivity index (χ4n) is 2.58. The van der Waals surface area contributed by atoms with Gasteiger partial charge in [-0.2, -0.15) is 13.2 Å². The van der Waals surface area contributed by atoms with E-state index in [2.05, 4.69) is 10.3 Å². The van der Waals surface area contributed by atoms with E-state index in [1.54, 1.807) is 0 Å². The molecule has 4 unspecified atom stereocenters. The Kier molecular flexibility index (Phi) is 4.20. The maximum atomic E-state index is 12.5. The second-order valence-corrected chi connectivity index (χ2v) is 5.10. The maximum Gasteiger partial charge on any atom is 0.433 e. The van der Waals surface area contributed by atoms with E-state index in [1.165, 1.54) is 13.0 Å². The normalized spacial score (nSPS) is 29.4. The highest BCUT2D eigenvalue weighted by molar-refractivity contribution is 5.73. The van der Waals surface area contributed by atoms with Gasteiger partial charge in [0, 0.05) is 19.0 Å². The number of alkyl halides is 3.